The summed E-state index contributed by atoms with van der Waals surface area (Å²) in [5.41, 5.74) is 0.689. The maximum Gasteiger partial charge on any atom is 0.327 e. The van der Waals surface area contributed by atoms with E-state index in [2.05, 4.69) is 5.32 Å². The minimum absolute atomic E-state index is 0.369. The number of thioether (sulfide) groups is 1. The van der Waals surface area contributed by atoms with Crippen molar-refractivity contribution in [3.8, 4) is 0 Å². The van der Waals surface area contributed by atoms with E-state index in [-0.39, 0.29) is 11.3 Å². The SMILES string of the molecule is COC(C(=O)N[C@H]1C(=O)N2[C@@H]1SC(C)(C)[C@@H]2C(=O)O)c1ccccc1. The molecule has 2 heterocycles. The van der Waals surface area contributed by atoms with E-state index in [0.29, 0.717) is 5.56 Å². The van der Waals surface area contributed by atoms with E-state index in [0.717, 1.165) is 0 Å². The number of carbonyl (C=O) groups excluding carboxylic acids is 2. The molecule has 3 rings (SSSR count). The number of carboxylic acids is 1. The highest BCUT2D eigenvalue weighted by Gasteiger charge is 2.64. The molecule has 2 saturated heterocycles. The van der Waals surface area contributed by atoms with E-state index < -0.39 is 34.8 Å². The number of β-lactam (4-membered cyclic amide) rings is 1. The summed E-state index contributed by atoms with van der Waals surface area (Å²) in [5, 5.41) is 11.8. The number of nitrogens with one attached hydrogen (secondary N) is 1. The van der Waals surface area contributed by atoms with Crippen LogP contribution in [0.5, 0.6) is 0 Å². The molecule has 2 fully saturated rings. The Balaban J connectivity index is 1.74. The fourth-order valence-corrected chi connectivity index (χ4v) is 5.02. The molecular formula is C17H20N2O5S. The molecule has 0 radical (unpaired) electrons. The third kappa shape index (κ3) is 2.89. The quantitative estimate of drug-likeness (QED) is 0.757. The number of carbonyl (C=O) groups is 3. The van der Waals surface area contributed by atoms with Gasteiger partial charge in [-0.3, -0.25) is 9.59 Å². The van der Waals surface area contributed by atoms with Crippen molar-refractivity contribution in [1.82, 2.24) is 10.2 Å². The third-order valence-corrected chi connectivity index (χ3v) is 6.12. The number of hydrogen-bond donors (Lipinski definition) is 2. The number of aliphatic carboxylic acids is 1. The van der Waals surface area contributed by atoms with Gasteiger partial charge >= 0.3 is 5.97 Å². The zero-order valence-electron chi connectivity index (χ0n) is 14.1. The summed E-state index contributed by atoms with van der Waals surface area (Å²) in [4.78, 5) is 37.8. The summed E-state index contributed by atoms with van der Waals surface area (Å²) in [6, 6.07) is 7.37. The van der Waals surface area contributed by atoms with Gasteiger partial charge in [0.1, 0.15) is 17.5 Å². The number of carboxylic acid groups (broad SMARTS) is 1. The molecule has 2 aliphatic rings. The van der Waals surface area contributed by atoms with Gasteiger partial charge in [-0.1, -0.05) is 30.3 Å². The highest BCUT2D eigenvalue weighted by atomic mass is 32.2. The van der Waals surface area contributed by atoms with Crippen LogP contribution in [0.2, 0.25) is 0 Å². The van der Waals surface area contributed by atoms with Crippen molar-refractivity contribution in [3.05, 3.63) is 35.9 Å². The van der Waals surface area contributed by atoms with Gasteiger partial charge in [0, 0.05) is 11.9 Å². The number of rotatable bonds is 5. The molecule has 1 aromatic carbocycles. The number of nitrogens with zero attached hydrogens (tertiary/aromatic N) is 1. The molecule has 1 aromatic rings. The molecule has 2 N–H and O–H groups in total. The molecule has 2 aliphatic heterocycles. The van der Waals surface area contributed by atoms with Crippen molar-refractivity contribution in [1.29, 1.82) is 0 Å². The number of benzene rings is 1. The lowest BCUT2D eigenvalue weighted by Crippen LogP contribution is -2.70. The van der Waals surface area contributed by atoms with E-state index >= 15 is 0 Å². The zero-order chi connectivity index (χ0) is 18.4. The van der Waals surface area contributed by atoms with Crippen molar-refractivity contribution in [3.63, 3.8) is 0 Å². The Morgan fingerprint density at radius 1 is 1.32 bits per heavy atom. The van der Waals surface area contributed by atoms with Gasteiger partial charge in [0.05, 0.1) is 0 Å². The van der Waals surface area contributed by atoms with E-state index in [1.54, 1.807) is 38.1 Å². The molecule has 0 saturated carbocycles. The highest BCUT2D eigenvalue weighted by molar-refractivity contribution is 8.01. The lowest BCUT2D eigenvalue weighted by Gasteiger charge is -2.43. The van der Waals surface area contributed by atoms with Gasteiger partial charge in [0.2, 0.25) is 5.91 Å². The zero-order valence-corrected chi connectivity index (χ0v) is 14.9. The largest absolute Gasteiger partial charge is 0.480 e. The van der Waals surface area contributed by atoms with Crippen LogP contribution >= 0.6 is 11.8 Å². The average molecular weight is 364 g/mol. The fourth-order valence-electron chi connectivity index (χ4n) is 3.40. The number of fused-ring (bicyclic) bond motifs is 1. The molecule has 1 unspecified atom stereocenters. The number of hydrogen-bond acceptors (Lipinski definition) is 5. The van der Waals surface area contributed by atoms with E-state index in [1.807, 2.05) is 6.07 Å². The van der Waals surface area contributed by atoms with Gasteiger partial charge in [-0.15, -0.1) is 11.8 Å². The first kappa shape index (κ1) is 17.8. The predicted octanol–water partition coefficient (Wildman–Crippen LogP) is 1.01. The summed E-state index contributed by atoms with van der Waals surface area (Å²) >= 11 is 1.39. The van der Waals surface area contributed by atoms with Crippen LogP contribution in [0.4, 0.5) is 0 Å². The van der Waals surface area contributed by atoms with Crippen LogP contribution in [0.25, 0.3) is 0 Å². The number of amides is 2. The fraction of sp³-hybridized carbons (Fsp3) is 0.471. The Morgan fingerprint density at radius 3 is 2.52 bits per heavy atom. The Kier molecular flexibility index (Phi) is 4.51. The molecule has 8 heteroatoms. The molecule has 2 amide bonds. The first-order valence-corrected chi connectivity index (χ1v) is 8.77. The molecule has 134 valence electrons. The van der Waals surface area contributed by atoms with Crippen LogP contribution in [-0.4, -0.2) is 57.1 Å². The maximum atomic E-state index is 12.6. The van der Waals surface area contributed by atoms with Crippen LogP contribution < -0.4 is 5.32 Å². The number of ether oxygens (including phenoxy) is 1. The van der Waals surface area contributed by atoms with Crippen molar-refractivity contribution < 1.29 is 24.2 Å². The molecule has 4 atom stereocenters. The van der Waals surface area contributed by atoms with Crippen molar-refractivity contribution in [2.45, 2.75) is 42.2 Å². The summed E-state index contributed by atoms with van der Waals surface area (Å²) in [5.74, 6) is -1.81. The van der Waals surface area contributed by atoms with E-state index in [9.17, 15) is 19.5 Å². The Hall–Kier alpha value is -2.06. The summed E-state index contributed by atoms with van der Waals surface area (Å²) in [7, 11) is 1.43. The third-order valence-electron chi connectivity index (χ3n) is 4.55. The standard InChI is InChI=1S/C17H20N2O5S/c1-17(2)12(16(22)23)19-14(21)10(15(19)25-17)18-13(20)11(24-3)9-7-5-4-6-8-9/h4-8,10-12,15H,1-3H3,(H,18,20)(H,22,23)/t10-,11?,12-,15+/m0/s1. The van der Waals surface area contributed by atoms with Crippen molar-refractivity contribution in [2.24, 2.45) is 0 Å². The van der Waals surface area contributed by atoms with Crippen LogP contribution in [0.15, 0.2) is 30.3 Å². The topological polar surface area (TPSA) is 95.9 Å². The monoisotopic (exact) mass is 364 g/mol. The van der Waals surface area contributed by atoms with Gasteiger partial charge < -0.3 is 20.1 Å². The van der Waals surface area contributed by atoms with E-state index in [4.69, 9.17) is 4.74 Å². The lowest BCUT2D eigenvalue weighted by molar-refractivity contribution is -0.161. The Labute approximate surface area is 149 Å². The predicted molar refractivity (Wildman–Crippen MR) is 91.9 cm³/mol. The smallest absolute Gasteiger partial charge is 0.327 e. The summed E-state index contributed by atoms with van der Waals surface area (Å²) in [6.45, 7) is 3.59. The molecule has 0 spiro atoms. The average Bonchev–Trinajstić information content (AvgIpc) is 2.82. The second-order valence-electron chi connectivity index (χ2n) is 6.61. The van der Waals surface area contributed by atoms with Gasteiger partial charge in [-0.05, 0) is 19.4 Å². The minimum atomic E-state index is -1.03. The van der Waals surface area contributed by atoms with Gasteiger partial charge in [-0.2, -0.15) is 0 Å². The Bertz CT molecular complexity index is 708. The summed E-state index contributed by atoms with van der Waals surface area (Å²) in [6.07, 6.45) is -0.822. The molecule has 25 heavy (non-hydrogen) atoms. The summed E-state index contributed by atoms with van der Waals surface area (Å²) < 4.78 is 4.66. The molecule has 7 nitrogen and oxygen atoms in total. The first-order chi connectivity index (χ1) is 11.8. The second-order valence-corrected chi connectivity index (χ2v) is 8.38. The van der Waals surface area contributed by atoms with Crippen molar-refractivity contribution in [2.75, 3.05) is 7.11 Å². The van der Waals surface area contributed by atoms with Gasteiger partial charge in [0.25, 0.3) is 5.91 Å². The van der Waals surface area contributed by atoms with Crippen molar-refractivity contribution >= 4 is 29.5 Å². The molecule has 0 aliphatic carbocycles. The van der Waals surface area contributed by atoms with Crippen LogP contribution in [0.1, 0.15) is 25.5 Å². The van der Waals surface area contributed by atoms with Crippen LogP contribution in [0.3, 0.4) is 0 Å². The first-order valence-electron chi connectivity index (χ1n) is 7.89. The molecular weight excluding hydrogens is 344 g/mol. The highest BCUT2D eigenvalue weighted by Crippen LogP contribution is 2.50. The maximum absolute atomic E-state index is 12.6. The van der Waals surface area contributed by atoms with E-state index in [1.165, 1.54) is 23.8 Å². The van der Waals surface area contributed by atoms with Gasteiger partial charge in [-0.25, -0.2) is 4.79 Å². The normalized spacial score (nSPS) is 28.0. The Morgan fingerprint density at radius 2 is 1.96 bits per heavy atom. The van der Waals surface area contributed by atoms with Crippen LogP contribution in [0, 0.1) is 0 Å². The minimum Gasteiger partial charge on any atom is -0.480 e. The lowest BCUT2D eigenvalue weighted by atomic mass is 9.96. The molecule has 0 bridgehead atoms. The van der Waals surface area contributed by atoms with Crippen LogP contribution in [-0.2, 0) is 19.1 Å². The number of methoxy groups -OCH3 is 1. The molecule has 0 aromatic heterocycles. The second kappa shape index (κ2) is 6.34. The van der Waals surface area contributed by atoms with Gasteiger partial charge in [0.15, 0.2) is 6.10 Å².